The number of fused-ring (bicyclic) bond motifs is 17. The monoisotopic (exact) mass is 1690 g/mol. The smallest absolute Gasteiger partial charge is 0.202 e. The first-order chi connectivity index (χ1) is 61.9. The fraction of sp³-hybridized carbons (Fsp3) is 0.283. The Kier molecular flexibility index (Phi) is 22.3. The Bertz CT molecular complexity index is 7080. The lowest BCUT2D eigenvalue weighted by Crippen LogP contribution is -2.37. The summed E-state index contributed by atoms with van der Waals surface area (Å²) in [4.78, 5) is 0. The van der Waals surface area contributed by atoms with Gasteiger partial charge in [-0.15, -0.1) is 46.8 Å². The molecule has 128 heavy (non-hydrogen) atoms. The molecule has 0 N–H and O–H groups in total. The van der Waals surface area contributed by atoms with Crippen LogP contribution in [0.1, 0.15) is 248 Å². The van der Waals surface area contributed by atoms with Gasteiger partial charge in [-0.2, -0.15) is 0 Å². The van der Waals surface area contributed by atoms with Gasteiger partial charge in [0.25, 0.3) is 0 Å². The topological polar surface area (TPSA) is 68.7 Å². The van der Waals surface area contributed by atoms with E-state index >= 15 is 0 Å². The predicted molar refractivity (Wildman–Crippen MR) is 517 cm³/mol. The molecule has 10 aromatic heterocycles. The molecule has 8 aromatic carbocycles. The molecule has 0 spiro atoms. The standard InChI is InChI=1S/C27H30N3.C26H28N3.C21H20N3.C21H26N3.C18H20N3/c1-18(2)24-15-22(21-10-7-6-8-11-21)16-25(19(3)4)26(24)30-20(5)14-23-17-28-12-9-13-29(28)27(23)30;1-18(2)23-15-22(20-9-6-5-7-10-20)16-24(19(3)4)25(23)28-14-11-21-17-27-12-8-13-29(27)26(21)28;1-15(2)16-8-3-5-10-19(16)24-20-11-6-4-9-17(20)18-14-22-12-7-13-23(22)21(18)24;1-14(2)18-8-6-9-19(15(3)4)20(18)24-16(5)12-17-13-22-10-7-11-23(22)21(17)24;1-13(2)16-7-4-5-8-17(16)21-14(3)11-15-12-19-9-6-10-20(19)18(15)21/h6-16,18-19H,17H2,1-5H3;5-16,18-19H,17H2,1-4H3;3-13,15H,14H2,1-2H3;6-12,14-15H,13H2,1-5H3;4-11,13H,12H2,1-3H3/q5*+1. The van der Waals surface area contributed by atoms with Crippen molar-refractivity contribution in [1.29, 1.82) is 0 Å². The minimum atomic E-state index is 0.428. The van der Waals surface area contributed by atoms with E-state index in [2.05, 4.69) is 500 Å². The molecule has 0 atom stereocenters. The quantitative estimate of drug-likeness (QED) is 0.0918. The van der Waals surface area contributed by atoms with Crippen LogP contribution in [0.2, 0.25) is 0 Å². The second-order valence-electron chi connectivity index (χ2n) is 38.1. The van der Waals surface area contributed by atoms with Crippen LogP contribution in [-0.4, -0.2) is 46.2 Å². The largest absolute Gasteiger partial charge is 0.298 e. The highest BCUT2D eigenvalue weighted by Gasteiger charge is 2.39. The third-order valence-electron chi connectivity index (χ3n) is 26.8. The number of para-hydroxylation sites is 4. The van der Waals surface area contributed by atoms with Crippen LogP contribution < -0.4 is 23.4 Å². The number of benzene rings is 8. The molecule has 15 heterocycles. The summed E-state index contributed by atoms with van der Waals surface area (Å²) in [5.74, 6) is 10.1. The van der Waals surface area contributed by atoms with Crippen LogP contribution in [0.3, 0.4) is 0 Å². The molecule has 15 heteroatoms. The van der Waals surface area contributed by atoms with E-state index in [-0.39, 0.29) is 0 Å². The van der Waals surface area contributed by atoms with Gasteiger partial charge in [-0.25, -0.2) is 0 Å². The van der Waals surface area contributed by atoms with Gasteiger partial charge in [0.15, 0.2) is 60.1 Å². The lowest BCUT2D eigenvalue weighted by Gasteiger charge is -2.24. The highest BCUT2D eigenvalue weighted by atomic mass is 15.5. The summed E-state index contributed by atoms with van der Waals surface area (Å²) in [6.45, 7) is 48.0. The second-order valence-corrected chi connectivity index (χ2v) is 38.1. The first-order valence-corrected chi connectivity index (χ1v) is 46.5. The minimum absolute atomic E-state index is 0.428. The van der Waals surface area contributed by atoms with Crippen LogP contribution in [0, 0.1) is 20.8 Å². The van der Waals surface area contributed by atoms with E-state index in [9.17, 15) is 0 Å². The van der Waals surface area contributed by atoms with Gasteiger partial charge in [0.2, 0.25) is 32.7 Å². The zero-order chi connectivity index (χ0) is 88.9. The van der Waals surface area contributed by atoms with E-state index in [0.29, 0.717) is 47.3 Å². The Hall–Kier alpha value is -13.5. The molecular weight excluding hydrogens is 1570 g/mol. The van der Waals surface area contributed by atoms with E-state index < -0.39 is 0 Å². The van der Waals surface area contributed by atoms with E-state index in [1.807, 2.05) is 0 Å². The van der Waals surface area contributed by atoms with Crippen molar-refractivity contribution in [3.8, 4) is 79.8 Å². The van der Waals surface area contributed by atoms with Crippen molar-refractivity contribution in [2.75, 3.05) is 0 Å². The van der Waals surface area contributed by atoms with Gasteiger partial charge in [-0.3, -0.25) is 22.8 Å². The predicted octanol–water partition coefficient (Wildman–Crippen LogP) is 24.0. The molecule has 0 saturated heterocycles. The lowest BCUT2D eigenvalue weighted by molar-refractivity contribution is -0.751. The van der Waals surface area contributed by atoms with Crippen LogP contribution in [0.15, 0.2) is 299 Å². The molecule has 5 aliphatic rings. The van der Waals surface area contributed by atoms with Gasteiger partial charge in [-0.05, 0) is 202 Å². The van der Waals surface area contributed by atoms with Crippen LogP contribution in [0.5, 0.6) is 0 Å². The van der Waals surface area contributed by atoms with Crippen LogP contribution in [0.4, 0.5) is 0 Å². The zero-order valence-electron chi connectivity index (χ0n) is 78.2. The van der Waals surface area contributed by atoms with Gasteiger partial charge in [0, 0.05) is 59.0 Å². The molecule has 5 aliphatic heterocycles. The molecule has 646 valence electrons. The zero-order valence-corrected chi connectivity index (χ0v) is 78.2. The maximum Gasteiger partial charge on any atom is 0.202 e. The Morgan fingerprint density at radius 1 is 0.234 bits per heavy atom. The van der Waals surface area contributed by atoms with Gasteiger partial charge >= 0.3 is 0 Å². The molecular formula is C113H124N15+5. The molecule has 0 bridgehead atoms. The van der Waals surface area contributed by atoms with Crippen molar-refractivity contribution in [1.82, 2.24) is 46.2 Å². The van der Waals surface area contributed by atoms with Gasteiger partial charge in [-0.1, -0.05) is 244 Å². The van der Waals surface area contributed by atoms with Crippen molar-refractivity contribution in [2.24, 2.45) is 0 Å². The summed E-state index contributed by atoms with van der Waals surface area (Å²) < 4.78 is 34.9. The number of aryl methyl sites for hydroxylation is 3. The highest BCUT2D eigenvalue weighted by molar-refractivity contribution is 5.90. The summed E-state index contributed by atoms with van der Waals surface area (Å²) in [7, 11) is 0. The van der Waals surface area contributed by atoms with Gasteiger partial charge in [0.1, 0.15) is 0 Å². The van der Waals surface area contributed by atoms with Crippen LogP contribution in [-0.2, 0) is 32.7 Å². The van der Waals surface area contributed by atoms with E-state index in [1.54, 1.807) is 0 Å². The van der Waals surface area contributed by atoms with Crippen molar-refractivity contribution in [2.45, 2.75) is 212 Å². The summed E-state index contributed by atoms with van der Waals surface area (Å²) in [6.07, 6.45) is 23.8. The summed E-state index contributed by atoms with van der Waals surface area (Å²) in [6, 6.07) is 84.0. The molecule has 0 unspecified atom stereocenters. The van der Waals surface area contributed by atoms with Crippen molar-refractivity contribution < 1.29 is 23.4 Å². The third kappa shape index (κ3) is 14.7. The van der Waals surface area contributed by atoms with Crippen LogP contribution in [0.25, 0.3) is 90.7 Å². The van der Waals surface area contributed by atoms with Crippen molar-refractivity contribution in [3.05, 3.63) is 388 Å². The van der Waals surface area contributed by atoms with E-state index in [1.165, 1.54) is 180 Å². The number of rotatable bonds is 15. The molecule has 0 saturated carbocycles. The molecule has 18 aromatic rings. The molecule has 0 fully saturated rings. The summed E-state index contributed by atoms with van der Waals surface area (Å²) >= 11 is 0. The SMILES string of the molecule is CC(C)c1cc(-c2ccccc2)cc(C(C)C)c1-n1ccc2c1-n1ccc[n+]1C2.CC(C)c1ccccc1-n1c2c(c3ccccc31)C[n+]1cccn1-2.Cc1cc2c(n1-c1c(C(C)C)cc(-c3ccccc3)cc1C(C)C)-n1ccc[n+]1C2.Cc1cc2c(n1-c1c(C(C)C)cccc1C(C)C)-n1ccc[n+]1C2.Cc1cc2c(n1-c1ccccc1C(C)C)-n1ccc[n+]1C2. The molecule has 23 rings (SSSR count). The summed E-state index contributed by atoms with van der Waals surface area (Å²) in [5, 5.41) is 1.35. The first kappa shape index (κ1) is 84.0. The van der Waals surface area contributed by atoms with Gasteiger partial charge in [0.05, 0.1) is 92.8 Å². The van der Waals surface area contributed by atoms with E-state index in [0.717, 1.165) is 32.7 Å². The lowest BCUT2D eigenvalue weighted by atomic mass is 9.88. The Morgan fingerprint density at radius 3 is 0.977 bits per heavy atom. The molecule has 15 nitrogen and oxygen atoms in total. The van der Waals surface area contributed by atoms with Gasteiger partial charge < -0.3 is 0 Å². The second kappa shape index (κ2) is 34.0. The summed E-state index contributed by atoms with van der Waals surface area (Å²) in [5.41, 5.74) is 35.3. The Morgan fingerprint density at radius 2 is 0.555 bits per heavy atom. The Labute approximate surface area is 755 Å². The fourth-order valence-corrected chi connectivity index (χ4v) is 20.7. The average molecular weight is 1690 g/mol. The molecule has 0 aliphatic carbocycles. The maximum atomic E-state index is 2.50. The Balaban J connectivity index is 0.000000105. The minimum Gasteiger partial charge on any atom is -0.298 e. The van der Waals surface area contributed by atoms with E-state index in [4.69, 9.17) is 0 Å². The molecule has 0 amide bonds. The molecule has 0 radical (unpaired) electrons. The number of nitrogens with zero attached hydrogens (tertiary/aromatic N) is 15. The third-order valence-corrected chi connectivity index (χ3v) is 26.8. The average Bonchev–Trinajstić information content (AvgIpc) is 1.56. The number of hydrogen-bond acceptors (Lipinski definition) is 0. The fourth-order valence-electron chi connectivity index (χ4n) is 20.7. The number of hydrogen-bond donors (Lipinski definition) is 0. The highest BCUT2D eigenvalue weighted by Crippen LogP contribution is 2.45. The van der Waals surface area contributed by atoms with Crippen LogP contribution >= 0.6 is 0 Å². The maximum absolute atomic E-state index is 2.50. The normalized spacial score (nSPS) is 12.7. The van der Waals surface area contributed by atoms with Crippen molar-refractivity contribution in [3.63, 3.8) is 0 Å². The first-order valence-electron chi connectivity index (χ1n) is 46.5. The number of aromatic nitrogens is 15. The van der Waals surface area contributed by atoms with Crippen molar-refractivity contribution >= 4 is 10.9 Å².